The number of ether oxygens (including phenoxy) is 1. The average Bonchev–Trinajstić information content (AvgIpc) is 2.67. The van der Waals surface area contributed by atoms with Crippen LogP contribution < -0.4 is 15.4 Å². The number of hydrogen-bond acceptors (Lipinski definition) is 4. The van der Waals surface area contributed by atoms with Crippen LogP contribution in [0.15, 0.2) is 24.3 Å². The molecule has 0 aliphatic carbocycles. The van der Waals surface area contributed by atoms with E-state index in [0.717, 1.165) is 45.0 Å². The van der Waals surface area contributed by atoms with Gasteiger partial charge >= 0.3 is 0 Å². The Morgan fingerprint density at radius 1 is 1.03 bits per heavy atom. The van der Waals surface area contributed by atoms with Crippen molar-refractivity contribution in [3.05, 3.63) is 24.3 Å². The van der Waals surface area contributed by atoms with Crippen LogP contribution in [0.3, 0.4) is 0 Å². The van der Waals surface area contributed by atoms with Gasteiger partial charge in [-0.25, -0.2) is 0 Å². The predicted octanol–water partition coefficient (Wildman–Crippen LogP) is 5.80. The lowest BCUT2D eigenvalue weighted by atomic mass is 9.98. The monoisotopic (exact) mass is 431 g/mol. The second-order valence-electron chi connectivity index (χ2n) is 11.6. The van der Waals surface area contributed by atoms with Gasteiger partial charge in [-0.15, -0.1) is 0 Å². The van der Waals surface area contributed by atoms with Crippen molar-refractivity contribution < 1.29 is 4.74 Å². The number of anilines is 1. The molecule has 1 aliphatic heterocycles. The molecule has 1 aromatic rings. The molecule has 1 aromatic carbocycles. The van der Waals surface area contributed by atoms with E-state index in [0.29, 0.717) is 23.9 Å². The third kappa shape index (κ3) is 9.82. The van der Waals surface area contributed by atoms with Crippen molar-refractivity contribution in [3.63, 3.8) is 0 Å². The minimum Gasteiger partial charge on any atom is -0.493 e. The van der Waals surface area contributed by atoms with Crippen LogP contribution in [-0.2, 0) is 0 Å². The Bertz CT molecular complexity index is 612. The highest BCUT2D eigenvalue weighted by Gasteiger charge is 2.26. The first-order chi connectivity index (χ1) is 14.5. The lowest BCUT2D eigenvalue weighted by Crippen LogP contribution is -2.48. The maximum Gasteiger partial charge on any atom is 0.119 e. The van der Waals surface area contributed by atoms with Gasteiger partial charge in [-0.2, -0.15) is 0 Å². The van der Waals surface area contributed by atoms with E-state index in [9.17, 15) is 0 Å². The molecule has 1 atom stereocenters. The second-order valence-corrected chi connectivity index (χ2v) is 11.6. The fourth-order valence-electron chi connectivity index (χ4n) is 4.38. The summed E-state index contributed by atoms with van der Waals surface area (Å²) in [7, 11) is 0. The summed E-state index contributed by atoms with van der Waals surface area (Å²) in [5.41, 5.74) is 7.88. The van der Waals surface area contributed by atoms with E-state index in [4.69, 9.17) is 10.5 Å². The second kappa shape index (κ2) is 12.1. The van der Waals surface area contributed by atoms with Gasteiger partial charge in [0.25, 0.3) is 0 Å². The number of piperidine rings is 1. The van der Waals surface area contributed by atoms with Crippen LogP contribution in [0.1, 0.15) is 74.1 Å². The van der Waals surface area contributed by atoms with Crippen molar-refractivity contribution >= 4 is 5.69 Å². The molecular weight excluding hydrogens is 382 g/mol. The number of benzene rings is 1. The Hall–Kier alpha value is -1.26. The van der Waals surface area contributed by atoms with Gasteiger partial charge < -0.3 is 20.3 Å². The molecule has 4 heteroatoms. The largest absolute Gasteiger partial charge is 0.493 e. The molecule has 0 saturated carbocycles. The first kappa shape index (κ1) is 26.0. The van der Waals surface area contributed by atoms with Crippen molar-refractivity contribution in [2.24, 2.45) is 23.0 Å². The van der Waals surface area contributed by atoms with Crippen molar-refractivity contribution in [3.8, 4) is 5.75 Å². The smallest absolute Gasteiger partial charge is 0.119 e. The summed E-state index contributed by atoms with van der Waals surface area (Å²) in [5, 5.41) is 0. The normalized spacial score (nSPS) is 17.4. The van der Waals surface area contributed by atoms with Crippen LogP contribution in [-0.4, -0.2) is 49.8 Å². The fourth-order valence-corrected chi connectivity index (χ4v) is 4.38. The Balaban J connectivity index is 1.97. The molecular formula is C27H49N3O. The Labute approximate surface area is 192 Å². The molecule has 1 fully saturated rings. The molecule has 1 aliphatic rings. The molecule has 31 heavy (non-hydrogen) atoms. The van der Waals surface area contributed by atoms with Crippen molar-refractivity contribution in [2.45, 2.75) is 86.2 Å². The summed E-state index contributed by atoms with van der Waals surface area (Å²) in [4.78, 5) is 5.23. The number of rotatable bonds is 11. The van der Waals surface area contributed by atoms with Crippen LogP contribution >= 0.6 is 0 Å². The Morgan fingerprint density at radius 3 is 2.16 bits per heavy atom. The van der Waals surface area contributed by atoms with Crippen molar-refractivity contribution in [1.29, 1.82) is 0 Å². The summed E-state index contributed by atoms with van der Waals surface area (Å²) in [6.07, 6.45) is 4.77. The highest BCUT2D eigenvalue weighted by Crippen LogP contribution is 2.27. The number of nitrogens with zero attached hydrogens (tertiary/aromatic N) is 2. The molecule has 4 nitrogen and oxygen atoms in total. The summed E-state index contributed by atoms with van der Waals surface area (Å²) >= 11 is 0. The van der Waals surface area contributed by atoms with Crippen molar-refractivity contribution in [1.82, 2.24) is 4.90 Å². The maximum atomic E-state index is 6.37. The molecule has 0 spiro atoms. The summed E-state index contributed by atoms with van der Waals surface area (Å²) in [6, 6.07) is 9.70. The number of likely N-dealkylation sites (tertiary alicyclic amines) is 1. The highest BCUT2D eigenvalue weighted by molar-refractivity contribution is 5.50. The zero-order chi connectivity index (χ0) is 23.0. The van der Waals surface area contributed by atoms with Gasteiger partial charge in [0.2, 0.25) is 0 Å². The van der Waals surface area contributed by atoms with E-state index in [2.05, 4.69) is 82.5 Å². The molecule has 0 radical (unpaired) electrons. The molecule has 0 bridgehead atoms. The molecule has 0 unspecified atom stereocenters. The summed E-state index contributed by atoms with van der Waals surface area (Å²) in [6.45, 7) is 21.0. The lowest BCUT2D eigenvalue weighted by Gasteiger charge is -2.41. The summed E-state index contributed by atoms with van der Waals surface area (Å²) in [5.74, 6) is 2.36. The van der Waals surface area contributed by atoms with Gasteiger partial charge in [0.1, 0.15) is 5.75 Å². The van der Waals surface area contributed by atoms with Gasteiger partial charge in [-0.3, -0.25) is 0 Å². The quantitative estimate of drug-likeness (QED) is 0.481. The summed E-state index contributed by atoms with van der Waals surface area (Å²) < 4.78 is 5.99. The third-order valence-electron chi connectivity index (χ3n) is 6.05. The zero-order valence-electron chi connectivity index (χ0n) is 21.4. The van der Waals surface area contributed by atoms with E-state index >= 15 is 0 Å². The molecule has 0 aromatic heterocycles. The molecule has 178 valence electrons. The van der Waals surface area contributed by atoms with Gasteiger partial charge in [-0.1, -0.05) is 48.5 Å². The maximum absolute atomic E-state index is 6.37. The topological polar surface area (TPSA) is 41.7 Å². The molecule has 1 saturated heterocycles. The molecule has 1 heterocycles. The van der Waals surface area contributed by atoms with Crippen LogP contribution in [0, 0.1) is 17.3 Å². The van der Waals surface area contributed by atoms with Crippen molar-refractivity contribution in [2.75, 3.05) is 37.7 Å². The minimum absolute atomic E-state index is 0.174. The average molecular weight is 432 g/mol. The van der Waals surface area contributed by atoms with Gasteiger partial charge in [0.05, 0.1) is 6.61 Å². The lowest BCUT2D eigenvalue weighted by molar-refractivity contribution is 0.191. The predicted molar refractivity (Wildman–Crippen MR) is 135 cm³/mol. The minimum atomic E-state index is 0.174. The first-order valence-corrected chi connectivity index (χ1v) is 12.5. The number of hydrogen-bond donors (Lipinski definition) is 1. The van der Waals surface area contributed by atoms with E-state index in [-0.39, 0.29) is 5.41 Å². The van der Waals surface area contributed by atoms with Crippen LogP contribution in [0.5, 0.6) is 5.75 Å². The molecule has 2 N–H and O–H groups in total. The van der Waals surface area contributed by atoms with Gasteiger partial charge in [0, 0.05) is 44.0 Å². The highest BCUT2D eigenvalue weighted by atomic mass is 16.5. The van der Waals surface area contributed by atoms with Gasteiger partial charge in [-0.05, 0) is 67.2 Å². The standard InChI is InChI=1S/C27H49N3O/c1-21(2)12-17-30(24-8-10-26(11-9-24)31-20-27(5,6)7)25-13-15-29(16-14-25)19-23(28)18-22(3)4/h8-11,21-23,25H,12-20,28H2,1-7H3/t23-/m1/s1. The van der Waals surface area contributed by atoms with Crippen LogP contribution in [0.25, 0.3) is 0 Å². The van der Waals surface area contributed by atoms with Crippen LogP contribution in [0.4, 0.5) is 5.69 Å². The fraction of sp³-hybridized carbons (Fsp3) is 0.778. The first-order valence-electron chi connectivity index (χ1n) is 12.5. The zero-order valence-corrected chi connectivity index (χ0v) is 21.4. The van der Waals surface area contributed by atoms with E-state index in [1.807, 2.05) is 0 Å². The van der Waals surface area contributed by atoms with E-state index in [1.165, 1.54) is 24.9 Å². The van der Waals surface area contributed by atoms with E-state index in [1.54, 1.807) is 0 Å². The number of nitrogens with two attached hydrogens (primary N) is 1. The Morgan fingerprint density at radius 2 is 1.65 bits per heavy atom. The third-order valence-corrected chi connectivity index (χ3v) is 6.05. The SMILES string of the molecule is CC(C)CCN(c1ccc(OCC(C)(C)C)cc1)C1CCN(C[C@H](N)CC(C)C)CC1. The Kier molecular flexibility index (Phi) is 10.2. The van der Waals surface area contributed by atoms with E-state index < -0.39 is 0 Å². The molecule has 0 amide bonds. The van der Waals surface area contributed by atoms with Gasteiger partial charge in [0.15, 0.2) is 0 Å². The van der Waals surface area contributed by atoms with Crippen LogP contribution in [0.2, 0.25) is 0 Å². The molecule has 2 rings (SSSR count).